The van der Waals surface area contributed by atoms with E-state index < -0.39 is 17.7 Å². The van der Waals surface area contributed by atoms with Crippen molar-refractivity contribution in [2.24, 2.45) is 0 Å². The molecule has 7 heteroatoms. The third-order valence-electron chi connectivity index (χ3n) is 5.42. The van der Waals surface area contributed by atoms with Gasteiger partial charge < -0.3 is 19.5 Å². The van der Waals surface area contributed by atoms with Gasteiger partial charge in [0, 0.05) is 19.2 Å². The molecule has 1 aliphatic heterocycles. The Morgan fingerprint density at radius 3 is 2.35 bits per heavy atom. The van der Waals surface area contributed by atoms with Gasteiger partial charge in [-0.25, -0.2) is 0 Å². The molecule has 0 radical (unpaired) electrons. The summed E-state index contributed by atoms with van der Waals surface area (Å²) in [6.45, 7) is 4.71. The van der Waals surface area contributed by atoms with Crippen molar-refractivity contribution in [1.29, 1.82) is 0 Å². The van der Waals surface area contributed by atoms with Gasteiger partial charge in [0.15, 0.2) is 0 Å². The highest BCUT2D eigenvalue weighted by atomic mass is 79.9. The van der Waals surface area contributed by atoms with E-state index in [1.165, 1.54) is 12.0 Å². The monoisotopic (exact) mass is 487 g/mol. The quantitative estimate of drug-likeness (QED) is 0.349. The van der Waals surface area contributed by atoms with Gasteiger partial charge in [-0.3, -0.25) is 9.59 Å². The summed E-state index contributed by atoms with van der Waals surface area (Å²) in [7, 11) is 3.08. The molecule has 1 saturated heterocycles. The van der Waals surface area contributed by atoms with Crippen LogP contribution in [0, 0.1) is 0 Å². The van der Waals surface area contributed by atoms with Crippen molar-refractivity contribution in [2.75, 3.05) is 27.4 Å². The number of nitrogens with zero attached hydrogens (tertiary/aromatic N) is 1. The van der Waals surface area contributed by atoms with Crippen molar-refractivity contribution in [3.8, 4) is 5.75 Å². The number of Topliss-reactive ketones (excluding diaryl/α,β-unsaturated/α-hetero) is 1. The summed E-state index contributed by atoms with van der Waals surface area (Å²) in [4.78, 5) is 27.3. The Morgan fingerprint density at radius 1 is 1.13 bits per heavy atom. The van der Waals surface area contributed by atoms with Crippen LogP contribution in [-0.2, 0) is 14.3 Å². The highest BCUT2D eigenvalue weighted by molar-refractivity contribution is 9.10. The van der Waals surface area contributed by atoms with Crippen molar-refractivity contribution >= 4 is 33.4 Å². The number of ketones is 1. The largest absolute Gasteiger partial charge is 0.507 e. The van der Waals surface area contributed by atoms with Crippen molar-refractivity contribution in [2.45, 2.75) is 25.8 Å². The second kappa shape index (κ2) is 9.66. The molecule has 164 valence electrons. The van der Waals surface area contributed by atoms with E-state index in [0.717, 1.165) is 11.1 Å². The molecular weight excluding hydrogens is 462 g/mol. The zero-order valence-corrected chi connectivity index (χ0v) is 19.6. The SMILES string of the molecule is COCCN1C(=O)C(=O)/C(=C(\O)c2ccc(OC)c(Br)c2)C1c1ccc(C(C)C)cc1. The molecule has 1 unspecified atom stereocenters. The van der Waals surface area contributed by atoms with Crippen LogP contribution < -0.4 is 4.74 Å². The summed E-state index contributed by atoms with van der Waals surface area (Å²) in [5.41, 5.74) is 2.39. The maximum atomic E-state index is 13.0. The molecule has 0 saturated carbocycles. The number of ether oxygens (including phenoxy) is 2. The molecule has 1 aliphatic rings. The lowest BCUT2D eigenvalue weighted by atomic mass is 9.93. The van der Waals surface area contributed by atoms with Gasteiger partial charge in [0.2, 0.25) is 0 Å². The number of hydrogen-bond donors (Lipinski definition) is 1. The van der Waals surface area contributed by atoms with Crippen LogP contribution in [0.15, 0.2) is 52.5 Å². The van der Waals surface area contributed by atoms with E-state index >= 15 is 0 Å². The van der Waals surface area contributed by atoms with Crippen LogP contribution in [0.2, 0.25) is 0 Å². The van der Waals surface area contributed by atoms with Gasteiger partial charge in [-0.1, -0.05) is 38.1 Å². The van der Waals surface area contributed by atoms with Crippen molar-refractivity contribution < 1.29 is 24.2 Å². The number of carbonyl (C=O) groups excluding carboxylic acids is 2. The molecule has 1 amide bonds. The Labute approximate surface area is 190 Å². The van der Waals surface area contributed by atoms with E-state index in [0.29, 0.717) is 21.7 Å². The molecule has 6 nitrogen and oxygen atoms in total. The zero-order chi connectivity index (χ0) is 22.7. The molecule has 1 atom stereocenters. The first-order chi connectivity index (χ1) is 14.8. The van der Waals surface area contributed by atoms with E-state index in [2.05, 4.69) is 29.8 Å². The topological polar surface area (TPSA) is 76.1 Å². The first-order valence-corrected chi connectivity index (χ1v) is 10.8. The van der Waals surface area contributed by atoms with Gasteiger partial charge in [-0.05, 0) is 51.2 Å². The average Bonchev–Trinajstić information content (AvgIpc) is 3.01. The van der Waals surface area contributed by atoms with Crippen LogP contribution in [0.1, 0.15) is 42.5 Å². The molecule has 2 aromatic rings. The van der Waals surface area contributed by atoms with Gasteiger partial charge in [-0.15, -0.1) is 0 Å². The van der Waals surface area contributed by atoms with E-state index in [9.17, 15) is 14.7 Å². The van der Waals surface area contributed by atoms with Gasteiger partial charge >= 0.3 is 0 Å². The van der Waals surface area contributed by atoms with E-state index in [4.69, 9.17) is 9.47 Å². The molecule has 1 N–H and O–H groups in total. The average molecular weight is 488 g/mol. The summed E-state index contributed by atoms with van der Waals surface area (Å²) in [5, 5.41) is 11.1. The minimum atomic E-state index is -0.710. The number of carbonyl (C=O) groups is 2. The lowest BCUT2D eigenvalue weighted by Crippen LogP contribution is -2.32. The first kappa shape index (κ1) is 23.0. The van der Waals surface area contributed by atoms with E-state index in [1.807, 2.05) is 24.3 Å². The van der Waals surface area contributed by atoms with Crippen LogP contribution in [0.4, 0.5) is 0 Å². The highest BCUT2D eigenvalue weighted by Crippen LogP contribution is 2.40. The van der Waals surface area contributed by atoms with Gasteiger partial charge in [0.05, 0.1) is 29.8 Å². The van der Waals surface area contributed by atoms with Gasteiger partial charge in [0.25, 0.3) is 11.7 Å². The number of amides is 1. The lowest BCUT2D eigenvalue weighted by molar-refractivity contribution is -0.140. The normalized spacial score (nSPS) is 18.1. The fourth-order valence-corrected chi connectivity index (χ4v) is 4.22. The first-order valence-electron chi connectivity index (χ1n) is 10.0. The number of benzene rings is 2. The van der Waals surface area contributed by atoms with Crippen LogP contribution >= 0.6 is 15.9 Å². The number of rotatable bonds is 7. The summed E-state index contributed by atoms with van der Waals surface area (Å²) >= 11 is 3.40. The maximum Gasteiger partial charge on any atom is 0.295 e. The fraction of sp³-hybridized carbons (Fsp3) is 0.333. The van der Waals surface area contributed by atoms with Crippen LogP contribution in [0.3, 0.4) is 0 Å². The highest BCUT2D eigenvalue weighted by Gasteiger charge is 2.45. The third kappa shape index (κ3) is 4.52. The number of aliphatic hydroxyl groups is 1. The number of aliphatic hydroxyl groups excluding tert-OH is 1. The minimum Gasteiger partial charge on any atom is -0.507 e. The smallest absolute Gasteiger partial charge is 0.295 e. The van der Waals surface area contributed by atoms with Gasteiger partial charge in [-0.2, -0.15) is 0 Å². The Hall–Kier alpha value is -2.64. The zero-order valence-electron chi connectivity index (χ0n) is 18.0. The number of methoxy groups -OCH3 is 2. The molecule has 31 heavy (non-hydrogen) atoms. The van der Waals surface area contributed by atoms with Crippen molar-refractivity contribution in [1.82, 2.24) is 4.90 Å². The van der Waals surface area contributed by atoms with E-state index in [1.54, 1.807) is 25.3 Å². The molecule has 3 rings (SSSR count). The van der Waals surface area contributed by atoms with Crippen LogP contribution in [0.5, 0.6) is 5.75 Å². The second-order valence-corrected chi connectivity index (χ2v) is 8.51. The molecule has 1 fully saturated rings. The van der Waals surface area contributed by atoms with Crippen molar-refractivity contribution in [3.05, 3.63) is 69.2 Å². The Morgan fingerprint density at radius 2 is 1.81 bits per heavy atom. The van der Waals surface area contributed by atoms with Crippen LogP contribution in [-0.4, -0.2) is 49.1 Å². The maximum absolute atomic E-state index is 13.0. The Bertz CT molecular complexity index is 1010. The van der Waals surface area contributed by atoms with Crippen LogP contribution in [0.25, 0.3) is 5.76 Å². The molecule has 0 spiro atoms. The molecule has 2 aromatic carbocycles. The number of halogens is 1. The predicted octanol–water partition coefficient (Wildman–Crippen LogP) is 4.65. The summed E-state index contributed by atoms with van der Waals surface area (Å²) in [5.74, 6) is -0.634. The molecule has 1 heterocycles. The Kier molecular flexibility index (Phi) is 7.18. The molecule has 0 aromatic heterocycles. The number of likely N-dealkylation sites (tertiary alicyclic amines) is 1. The predicted molar refractivity (Wildman–Crippen MR) is 122 cm³/mol. The standard InChI is InChI=1S/C24H26BrNO5/c1-14(2)15-5-7-16(8-6-15)21-20(23(28)24(29)26(21)11-12-30-3)22(27)17-9-10-19(31-4)18(25)13-17/h5-10,13-14,21,27H,11-12H2,1-4H3/b22-20-. The Balaban J connectivity index is 2.14. The molecule has 0 aliphatic carbocycles. The van der Waals surface area contributed by atoms with E-state index in [-0.39, 0.29) is 24.5 Å². The summed E-state index contributed by atoms with van der Waals surface area (Å²) in [6, 6.07) is 12.1. The molecular formula is C24H26BrNO5. The molecule has 0 bridgehead atoms. The number of hydrogen-bond acceptors (Lipinski definition) is 5. The third-order valence-corrected chi connectivity index (χ3v) is 6.04. The fourth-order valence-electron chi connectivity index (χ4n) is 3.68. The second-order valence-electron chi connectivity index (χ2n) is 7.66. The lowest BCUT2D eigenvalue weighted by Gasteiger charge is -2.25. The minimum absolute atomic E-state index is 0.0652. The van der Waals surface area contributed by atoms with Crippen molar-refractivity contribution in [3.63, 3.8) is 0 Å². The van der Waals surface area contributed by atoms with Gasteiger partial charge in [0.1, 0.15) is 11.5 Å². The summed E-state index contributed by atoms with van der Waals surface area (Å²) in [6.07, 6.45) is 0. The summed E-state index contributed by atoms with van der Waals surface area (Å²) < 4.78 is 11.0.